The van der Waals surface area contributed by atoms with Gasteiger partial charge in [0, 0.05) is 16.5 Å². The van der Waals surface area contributed by atoms with Crippen LogP contribution in [-0.4, -0.2) is 36.9 Å². The quantitative estimate of drug-likeness (QED) is 0.266. The Labute approximate surface area is 215 Å². The molecule has 0 spiro atoms. The number of hydrogen-bond acceptors (Lipinski definition) is 6. The molecule has 0 aliphatic heterocycles. The minimum Gasteiger partial charge on any atom is -0.478 e. The van der Waals surface area contributed by atoms with Gasteiger partial charge in [0.05, 0.1) is 27.2 Å². The lowest BCUT2D eigenvalue weighted by atomic mass is 10.0. The minimum absolute atomic E-state index is 0.00638. The van der Waals surface area contributed by atoms with Crippen LogP contribution in [0.5, 0.6) is 0 Å². The fourth-order valence-electron chi connectivity index (χ4n) is 3.94. The molecule has 0 unspecified atom stereocenters. The van der Waals surface area contributed by atoms with E-state index in [0.717, 1.165) is 30.3 Å². The Bertz CT molecular complexity index is 1760. The van der Waals surface area contributed by atoms with E-state index >= 15 is 0 Å². The van der Waals surface area contributed by atoms with Crippen LogP contribution in [0.15, 0.2) is 59.1 Å². The van der Waals surface area contributed by atoms with E-state index < -0.39 is 40.0 Å². The number of aryl methyl sites for hydroxylation is 1. The Morgan fingerprint density at radius 3 is 2.47 bits per heavy atom. The van der Waals surface area contributed by atoms with Crippen LogP contribution >= 0.6 is 11.6 Å². The van der Waals surface area contributed by atoms with Crippen molar-refractivity contribution in [1.82, 2.24) is 19.9 Å². The van der Waals surface area contributed by atoms with E-state index in [2.05, 4.69) is 15.2 Å². The zero-order valence-corrected chi connectivity index (χ0v) is 19.8. The van der Waals surface area contributed by atoms with E-state index in [1.165, 1.54) is 18.2 Å². The van der Waals surface area contributed by atoms with Crippen LogP contribution < -0.4 is 0 Å². The molecule has 0 fully saturated rings. The summed E-state index contributed by atoms with van der Waals surface area (Å²) in [4.78, 5) is 28.9. The lowest BCUT2D eigenvalue weighted by Crippen LogP contribution is -2.20. The van der Waals surface area contributed by atoms with Gasteiger partial charge < -0.3 is 9.63 Å². The zero-order chi connectivity index (χ0) is 27.4. The number of alkyl halides is 3. The summed E-state index contributed by atoms with van der Waals surface area (Å²) in [6, 6.07) is 10.3. The lowest BCUT2D eigenvalue weighted by Gasteiger charge is -2.13. The monoisotopic (exact) mass is 544 g/mol. The summed E-state index contributed by atoms with van der Waals surface area (Å²) < 4.78 is 62.1. The first-order valence-corrected chi connectivity index (χ1v) is 11.1. The number of carboxylic acid groups (broad SMARTS) is 1. The highest BCUT2D eigenvalue weighted by Gasteiger charge is 2.37. The second-order valence-corrected chi connectivity index (χ2v) is 8.51. The molecule has 38 heavy (non-hydrogen) atoms. The van der Waals surface area contributed by atoms with Crippen molar-refractivity contribution < 1.29 is 36.8 Å². The molecule has 0 atom stereocenters. The highest BCUT2D eigenvalue weighted by atomic mass is 35.5. The van der Waals surface area contributed by atoms with Crippen LogP contribution in [0.1, 0.15) is 32.1 Å². The van der Waals surface area contributed by atoms with Crippen molar-refractivity contribution >= 4 is 34.4 Å². The number of aromatic carboxylic acids is 1. The fourth-order valence-corrected chi connectivity index (χ4v) is 4.20. The molecule has 0 saturated heterocycles. The smallest absolute Gasteiger partial charge is 0.417 e. The molecule has 3 aromatic carbocycles. The van der Waals surface area contributed by atoms with Gasteiger partial charge in [-0.3, -0.25) is 4.79 Å². The third kappa shape index (κ3) is 4.28. The maximum absolute atomic E-state index is 15.0. The van der Waals surface area contributed by atoms with Gasteiger partial charge in [0.25, 0.3) is 11.8 Å². The van der Waals surface area contributed by atoms with Gasteiger partial charge in [-0.05, 0) is 55.5 Å². The van der Waals surface area contributed by atoms with Crippen molar-refractivity contribution in [2.75, 3.05) is 0 Å². The van der Waals surface area contributed by atoms with Gasteiger partial charge >= 0.3 is 12.1 Å². The summed E-state index contributed by atoms with van der Waals surface area (Å²) in [5, 5.41) is 16.7. The predicted octanol–water partition coefficient (Wildman–Crippen LogP) is 6.26. The lowest BCUT2D eigenvalue weighted by molar-refractivity contribution is -0.137. The van der Waals surface area contributed by atoms with Crippen LogP contribution in [0.4, 0.5) is 17.6 Å². The van der Waals surface area contributed by atoms with Crippen LogP contribution in [0, 0.1) is 12.7 Å². The Balaban J connectivity index is 1.78. The van der Waals surface area contributed by atoms with Gasteiger partial charge in [0.2, 0.25) is 0 Å². The van der Waals surface area contributed by atoms with Crippen LogP contribution in [0.2, 0.25) is 5.02 Å². The molecule has 0 radical (unpaired) electrons. The number of carbonyl (C=O) groups excluding carboxylic acids is 1. The van der Waals surface area contributed by atoms with E-state index in [0.29, 0.717) is 22.1 Å². The molecule has 192 valence electrons. The van der Waals surface area contributed by atoms with E-state index in [1.54, 1.807) is 6.92 Å². The summed E-state index contributed by atoms with van der Waals surface area (Å²) in [5.41, 5.74) is -2.44. The highest BCUT2D eigenvalue weighted by molar-refractivity contribution is 6.34. The van der Waals surface area contributed by atoms with Crippen LogP contribution in [0.25, 0.3) is 33.6 Å². The molecular weight excluding hydrogens is 532 g/mol. The van der Waals surface area contributed by atoms with Gasteiger partial charge in [0.15, 0.2) is 5.82 Å². The number of aromatic nitrogens is 4. The molecular formula is C25H13ClF4N4O4. The molecule has 1 N–H and O–H groups in total. The first-order chi connectivity index (χ1) is 18.0. The predicted molar refractivity (Wildman–Crippen MR) is 126 cm³/mol. The van der Waals surface area contributed by atoms with Crippen molar-refractivity contribution in [2.45, 2.75) is 13.1 Å². The van der Waals surface area contributed by atoms with Gasteiger partial charge in [-0.2, -0.15) is 27.9 Å². The number of carboxylic acids is 1. The van der Waals surface area contributed by atoms with Gasteiger partial charge in [-0.15, -0.1) is 0 Å². The van der Waals surface area contributed by atoms with Gasteiger partial charge in [-0.25, -0.2) is 9.18 Å². The molecule has 0 amide bonds. The highest BCUT2D eigenvalue weighted by Crippen LogP contribution is 2.37. The Hall–Kier alpha value is -4.58. The van der Waals surface area contributed by atoms with Crippen molar-refractivity contribution in [2.24, 2.45) is 0 Å². The van der Waals surface area contributed by atoms with Gasteiger partial charge in [0.1, 0.15) is 11.5 Å². The van der Waals surface area contributed by atoms with Crippen molar-refractivity contribution in [3.8, 4) is 22.7 Å². The zero-order valence-electron chi connectivity index (χ0n) is 19.0. The number of rotatable bonds is 4. The van der Waals surface area contributed by atoms with Crippen molar-refractivity contribution in [3.05, 3.63) is 88.0 Å². The van der Waals surface area contributed by atoms with E-state index in [1.807, 2.05) is 0 Å². The topological polar surface area (TPSA) is 111 Å². The van der Waals surface area contributed by atoms with E-state index in [-0.39, 0.29) is 33.6 Å². The van der Waals surface area contributed by atoms with Crippen molar-refractivity contribution in [3.63, 3.8) is 0 Å². The average molecular weight is 545 g/mol. The molecule has 0 bridgehead atoms. The molecule has 5 aromatic rings. The maximum Gasteiger partial charge on any atom is 0.417 e. The summed E-state index contributed by atoms with van der Waals surface area (Å²) >= 11 is 6.05. The second kappa shape index (κ2) is 9.06. The number of halogens is 5. The average Bonchev–Trinajstić information content (AvgIpc) is 3.46. The molecule has 2 aromatic heterocycles. The van der Waals surface area contributed by atoms with E-state index in [9.17, 15) is 27.2 Å². The molecule has 13 heteroatoms. The Morgan fingerprint density at radius 1 is 1.08 bits per heavy atom. The molecule has 2 heterocycles. The largest absolute Gasteiger partial charge is 0.478 e. The first kappa shape index (κ1) is 25.1. The van der Waals surface area contributed by atoms with Crippen LogP contribution in [0.3, 0.4) is 0 Å². The Morgan fingerprint density at radius 2 is 1.84 bits per heavy atom. The number of fused-ring (bicyclic) bond motifs is 1. The third-order valence-electron chi connectivity index (χ3n) is 5.65. The minimum atomic E-state index is -4.91. The van der Waals surface area contributed by atoms with Crippen molar-refractivity contribution in [1.29, 1.82) is 0 Å². The normalized spacial score (nSPS) is 11.7. The summed E-state index contributed by atoms with van der Waals surface area (Å²) in [6.45, 7) is 1.58. The molecule has 0 aliphatic rings. The SMILES string of the molecule is Cc1noc(-c2ccc3c(-c4ccc(C(=O)O)cc4F)nn(C(=O)c4c(Cl)cccc4C(F)(F)F)c3c2)n1. The second-order valence-electron chi connectivity index (χ2n) is 8.10. The standard InChI is InChI=1S/C25H13ClF4N4O4/c1-11-31-22(38-33-11)12-5-8-15-19(10-12)34(23(35)20-16(25(28,29)30)3-2-4-17(20)26)32-21(15)14-7-6-13(24(36)37)9-18(14)27/h2-10H,1H3,(H,36,37). The number of hydrogen-bond donors (Lipinski definition) is 1. The van der Waals surface area contributed by atoms with E-state index in [4.69, 9.17) is 21.2 Å². The van der Waals surface area contributed by atoms with Crippen LogP contribution in [-0.2, 0) is 6.18 Å². The number of carbonyl (C=O) groups is 2. The summed E-state index contributed by atoms with van der Waals surface area (Å²) in [6.07, 6.45) is -4.91. The molecule has 0 saturated carbocycles. The van der Waals surface area contributed by atoms with Gasteiger partial charge in [-0.1, -0.05) is 22.8 Å². The Kier molecular flexibility index (Phi) is 5.98. The first-order valence-electron chi connectivity index (χ1n) is 10.7. The molecule has 0 aliphatic carbocycles. The molecule has 8 nitrogen and oxygen atoms in total. The summed E-state index contributed by atoms with van der Waals surface area (Å²) in [7, 11) is 0. The summed E-state index contributed by atoms with van der Waals surface area (Å²) in [5.74, 6) is -3.16. The maximum atomic E-state index is 15.0. The number of nitrogens with zero attached hydrogens (tertiary/aromatic N) is 4. The third-order valence-corrected chi connectivity index (χ3v) is 5.97. The fraction of sp³-hybridized carbons (Fsp3) is 0.0800. The number of benzene rings is 3. The molecule has 5 rings (SSSR count).